The van der Waals surface area contributed by atoms with Crippen LogP contribution in [0, 0.1) is 0 Å². The second-order valence-electron chi connectivity index (χ2n) is 9.91. The Morgan fingerprint density at radius 2 is 1.50 bits per heavy atom. The van der Waals surface area contributed by atoms with Gasteiger partial charge in [0.15, 0.2) is 18.2 Å². The van der Waals surface area contributed by atoms with E-state index in [9.17, 15) is 45.6 Å². The number of hydrogen-bond acceptors (Lipinski definition) is 14. The standard InChI is InChI=1S/C28H34O14/c1-12-21(33)23(35)25(37)27(39-12)42-26-24(36)22(34)19(11-29)41-28(26)40-15-9-17(31)20(18(32)10-15)16(30)8-5-13-3-6-14(38-2)7-4-13/h3-10,12,19,21-29,31-37H,11H2,1-2H3. The van der Waals surface area contributed by atoms with Crippen LogP contribution in [0.4, 0.5) is 0 Å². The smallest absolute Gasteiger partial charge is 0.229 e. The van der Waals surface area contributed by atoms with Crippen molar-refractivity contribution in [3.8, 4) is 23.0 Å². The number of rotatable bonds is 9. The first kappa shape index (κ1) is 31.6. The lowest BCUT2D eigenvalue weighted by molar-refractivity contribution is -0.354. The number of hydrogen-bond donors (Lipinski definition) is 8. The van der Waals surface area contributed by atoms with E-state index in [0.29, 0.717) is 11.3 Å². The summed E-state index contributed by atoms with van der Waals surface area (Å²) in [5, 5.41) is 82.2. The van der Waals surface area contributed by atoms with E-state index >= 15 is 0 Å². The van der Waals surface area contributed by atoms with Gasteiger partial charge in [0, 0.05) is 12.1 Å². The zero-order valence-electron chi connectivity index (χ0n) is 22.6. The van der Waals surface area contributed by atoms with E-state index in [1.807, 2.05) is 0 Å². The van der Waals surface area contributed by atoms with Crippen LogP contribution >= 0.6 is 0 Å². The molecule has 10 unspecified atom stereocenters. The van der Waals surface area contributed by atoms with E-state index in [4.69, 9.17) is 23.7 Å². The molecule has 230 valence electrons. The Balaban J connectivity index is 1.54. The molecule has 0 radical (unpaired) electrons. The molecule has 14 nitrogen and oxygen atoms in total. The van der Waals surface area contributed by atoms with Crippen LogP contribution in [0.1, 0.15) is 22.8 Å². The van der Waals surface area contributed by atoms with Gasteiger partial charge in [-0.2, -0.15) is 0 Å². The molecule has 42 heavy (non-hydrogen) atoms. The van der Waals surface area contributed by atoms with Crippen molar-refractivity contribution in [2.24, 2.45) is 0 Å². The Bertz CT molecular complexity index is 1230. The van der Waals surface area contributed by atoms with Gasteiger partial charge in [-0.3, -0.25) is 4.79 Å². The van der Waals surface area contributed by atoms with Gasteiger partial charge in [0.1, 0.15) is 65.2 Å². The molecule has 0 aliphatic carbocycles. The fourth-order valence-corrected chi connectivity index (χ4v) is 4.59. The highest BCUT2D eigenvalue weighted by Gasteiger charge is 2.50. The second-order valence-corrected chi connectivity index (χ2v) is 9.91. The molecule has 2 aromatic carbocycles. The largest absolute Gasteiger partial charge is 0.507 e. The van der Waals surface area contributed by atoms with Gasteiger partial charge in [0.2, 0.25) is 6.29 Å². The van der Waals surface area contributed by atoms with E-state index in [0.717, 1.165) is 18.2 Å². The third-order valence-electron chi connectivity index (χ3n) is 7.04. The molecule has 2 aliphatic rings. The van der Waals surface area contributed by atoms with E-state index < -0.39 is 90.9 Å². The molecule has 2 aliphatic heterocycles. The minimum absolute atomic E-state index is 0.256. The topological polar surface area (TPSA) is 225 Å². The summed E-state index contributed by atoms with van der Waals surface area (Å²) in [7, 11) is 1.52. The van der Waals surface area contributed by atoms with Crippen molar-refractivity contribution in [2.75, 3.05) is 13.7 Å². The highest BCUT2D eigenvalue weighted by atomic mass is 16.8. The van der Waals surface area contributed by atoms with E-state index in [1.54, 1.807) is 24.3 Å². The Morgan fingerprint density at radius 3 is 2.10 bits per heavy atom. The maximum atomic E-state index is 12.7. The summed E-state index contributed by atoms with van der Waals surface area (Å²) in [5.41, 5.74) is 0.236. The second kappa shape index (κ2) is 13.3. The summed E-state index contributed by atoms with van der Waals surface area (Å²) >= 11 is 0. The van der Waals surface area contributed by atoms with E-state index in [-0.39, 0.29) is 5.75 Å². The molecule has 4 rings (SSSR count). The zero-order chi connectivity index (χ0) is 30.7. The fraction of sp³-hybridized carbons (Fsp3) is 0.464. The highest BCUT2D eigenvalue weighted by Crippen LogP contribution is 2.36. The Kier molecular flexibility index (Phi) is 10.0. The molecule has 0 spiro atoms. The van der Waals surface area contributed by atoms with Crippen LogP contribution in [0.25, 0.3) is 6.08 Å². The Morgan fingerprint density at radius 1 is 0.857 bits per heavy atom. The Hall–Kier alpha value is -3.31. The number of phenols is 2. The highest BCUT2D eigenvalue weighted by molar-refractivity contribution is 6.10. The number of allylic oxidation sites excluding steroid dienone is 1. The van der Waals surface area contributed by atoms with Gasteiger partial charge < -0.3 is 64.5 Å². The normalized spacial score (nSPS) is 33.4. The number of aliphatic hydroxyl groups excluding tert-OH is 6. The van der Waals surface area contributed by atoms with Crippen LogP contribution in [0.3, 0.4) is 0 Å². The average molecular weight is 595 g/mol. The lowest BCUT2D eigenvalue weighted by Crippen LogP contribution is -2.64. The number of carbonyl (C=O) groups is 1. The molecule has 2 heterocycles. The number of benzene rings is 2. The number of methoxy groups -OCH3 is 1. The van der Waals surface area contributed by atoms with Crippen molar-refractivity contribution < 1.29 is 69.3 Å². The first-order chi connectivity index (χ1) is 19.9. The van der Waals surface area contributed by atoms with Crippen molar-refractivity contribution >= 4 is 11.9 Å². The SMILES string of the molecule is COc1ccc(C=CC(=O)c2c(O)cc(OC3OC(CO)C(O)C(O)C3OC3OC(C)C(O)C(O)C3O)cc2O)cc1. The van der Waals surface area contributed by atoms with Gasteiger partial charge in [-0.15, -0.1) is 0 Å². The monoisotopic (exact) mass is 594 g/mol. The fourth-order valence-electron chi connectivity index (χ4n) is 4.59. The number of aliphatic hydroxyl groups is 6. The van der Waals surface area contributed by atoms with Gasteiger partial charge >= 0.3 is 0 Å². The lowest BCUT2D eigenvalue weighted by Gasteiger charge is -2.45. The van der Waals surface area contributed by atoms with Crippen LogP contribution in [0.2, 0.25) is 0 Å². The number of phenolic OH excluding ortho intramolecular Hbond substituents is 2. The maximum Gasteiger partial charge on any atom is 0.229 e. The number of aromatic hydroxyl groups is 2. The predicted molar refractivity (Wildman–Crippen MR) is 142 cm³/mol. The third-order valence-corrected chi connectivity index (χ3v) is 7.04. The quantitative estimate of drug-likeness (QED) is 0.129. The lowest BCUT2D eigenvalue weighted by atomic mass is 9.97. The van der Waals surface area contributed by atoms with Gasteiger partial charge in [-0.25, -0.2) is 0 Å². The van der Waals surface area contributed by atoms with Crippen LogP contribution in [0.15, 0.2) is 42.5 Å². The van der Waals surface area contributed by atoms with Crippen molar-refractivity contribution in [1.82, 2.24) is 0 Å². The van der Waals surface area contributed by atoms with Crippen LogP contribution < -0.4 is 9.47 Å². The molecule has 2 aromatic rings. The molecule has 0 bridgehead atoms. The zero-order valence-corrected chi connectivity index (χ0v) is 22.6. The average Bonchev–Trinajstić information content (AvgIpc) is 2.97. The maximum absolute atomic E-state index is 12.7. The molecule has 10 atom stereocenters. The molecule has 2 fully saturated rings. The Labute approximate surface area is 240 Å². The molecular weight excluding hydrogens is 560 g/mol. The number of carbonyl (C=O) groups excluding carboxylic acids is 1. The molecule has 8 N–H and O–H groups in total. The third kappa shape index (κ3) is 6.67. The summed E-state index contributed by atoms with van der Waals surface area (Å²) in [6.45, 7) is 0.676. The summed E-state index contributed by atoms with van der Waals surface area (Å²) in [6, 6.07) is 8.78. The molecular formula is C28H34O14. The van der Waals surface area contributed by atoms with Gasteiger partial charge in [-0.05, 0) is 30.7 Å². The summed E-state index contributed by atoms with van der Waals surface area (Å²) in [5.74, 6) is -1.66. The minimum Gasteiger partial charge on any atom is -0.507 e. The van der Waals surface area contributed by atoms with Crippen molar-refractivity contribution in [3.63, 3.8) is 0 Å². The van der Waals surface area contributed by atoms with Gasteiger partial charge in [0.05, 0.1) is 19.8 Å². The summed E-state index contributed by atoms with van der Waals surface area (Å²) in [4.78, 5) is 12.7. The van der Waals surface area contributed by atoms with Crippen molar-refractivity contribution in [3.05, 3.63) is 53.6 Å². The predicted octanol–water partition coefficient (Wildman–Crippen LogP) is -0.967. The van der Waals surface area contributed by atoms with Crippen molar-refractivity contribution in [2.45, 2.75) is 68.3 Å². The van der Waals surface area contributed by atoms with Crippen molar-refractivity contribution in [1.29, 1.82) is 0 Å². The van der Waals surface area contributed by atoms with E-state index in [2.05, 4.69) is 0 Å². The first-order valence-corrected chi connectivity index (χ1v) is 13.0. The van der Waals surface area contributed by atoms with Crippen LogP contribution in [-0.2, 0) is 14.2 Å². The first-order valence-electron chi connectivity index (χ1n) is 13.0. The minimum atomic E-state index is -1.78. The van der Waals surface area contributed by atoms with Crippen LogP contribution in [-0.4, -0.2) is 122 Å². The molecule has 0 amide bonds. The molecule has 0 aromatic heterocycles. The van der Waals surface area contributed by atoms with E-state index in [1.165, 1.54) is 20.1 Å². The number of ketones is 1. The van der Waals surface area contributed by atoms with Gasteiger partial charge in [-0.1, -0.05) is 18.2 Å². The molecule has 14 heteroatoms. The van der Waals surface area contributed by atoms with Gasteiger partial charge in [0.25, 0.3) is 0 Å². The summed E-state index contributed by atoms with van der Waals surface area (Å²) < 4.78 is 27.3. The molecule has 2 saturated heterocycles. The summed E-state index contributed by atoms with van der Waals surface area (Å²) in [6.07, 6.45) is -12.9. The number of ether oxygens (including phenoxy) is 5. The molecule has 0 saturated carbocycles. The van der Waals surface area contributed by atoms with Crippen LogP contribution in [0.5, 0.6) is 23.0 Å².